The van der Waals surface area contributed by atoms with Gasteiger partial charge in [0.2, 0.25) is 0 Å². The van der Waals surface area contributed by atoms with E-state index < -0.39 is 0 Å². The van der Waals surface area contributed by atoms with E-state index in [2.05, 4.69) is 41.5 Å². The highest BCUT2D eigenvalue weighted by Crippen LogP contribution is 2.35. The average molecular weight is 308 g/mol. The Morgan fingerprint density at radius 3 is 1.96 bits per heavy atom. The molecule has 3 nitrogen and oxygen atoms in total. The summed E-state index contributed by atoms with van der Waals surface area (Å²) in [6.45, 7) is 6.96. The van der Waals surface area contributed by atoms with Gasteiger partial charge in [0.15, 0.2) is 0 Å². The molecule has 0 spiro atoms. The van der Waals surface area contributed by atoms with Crippen LogP contribution in [0.2, 0.25) is 0 Å². The molecule has 0 fully saturated rings. The SMILES string of the molecule is C=CCC(CNC(=O)NCC)(c1ccccc1)c1ccccc1. The van der Waals surface area contributed by atoms with Crippen molar-refractivity contribution in [3.05, 3.63) is 84.4 Å². The summed E-state index contributed by atoms with van der Waals surface area (Å²) in [4.78, 5) is 11.9. The number of hydrogen-bond donors (Lipinski definition) is 2. The second kappa shape index (κ2) is 8.18. The predicted molar refractivity (Wildman–Crippen MR) is 95.6 cm³/mol. The minimum absolute atomic E-state index is 0.146. The van der Waals surface area contributed by atoms with Gasteiger partial charge < -0.3 is 10.6 Å². The first kappa shape index (κ1) is 16.8. The van der Waals surface area contributed by atoms with Crippen molar-refractivity contribution in [3.8, 4) is 0 Å². The summed E-state index contributed by atoms with van der Waals surface area (Å²) in [5.74, 6) is 0. The quantitative estimate of drug-likeness (QED) is 0.749. The van der Waals surface area contributed by atoms with Gasteiger partial charge in [-0.1, -0.05) is 66.7 Å². The van der Waals surface area contributed by atoms with Gasteiger partial charge in [0.05, 0.1) is 0 Å². The molecule has 23 heavy (non-hydrogen) atoms. The fourth-order valence-electron chi connectivity index (χ4n) is 2.89. The Morgan fingerprint density at radius 2 is 1.52 bits per heavy atom. The van der Waals surface area contributed by atoms with Gasteiger partial charge in [-0.05, 0) is 24.5 Å². The molecule has 0 aliphatic rings. The Bertz CT molecular complexity index is 583. The van der Waals surface area contributed by atoms with Crippen LogP contribution in [0, 0.1) is 0 Å². The molecule has 0 unspecified atom stereocenters. The summed E-state index contributed by atoms with van der Waals surface area (Å²) in [6.07, 6.45) is 2.66. The number of urea groups is 1. The van der Waals surface area contributed by atoms with Crippen LogP contribution in [0.25, 0.3) is 0 Å². The fraction of sp³-hybridized carbons (Fsp3) is 0.250. The number of benzene rings is 2. The maximum atomic E-state index is 11.9. The molecule has 0 atom stereocenters. The molecule has 2 N–H and O–H groups in total. The van der Waals surface area contributed by atoms with Gasteiger partial charge in [0.1, 0.15) is 0 Å². The van der Waals surface area contributed by atoms with Crippen molar-refractivity contribution in [2.45, 2.75) is 18.8 Å². The lowest BCUT2D eigenvalue weighted by Crippen LogP contribution is -2.45. The predicted octanol–water partition coefficient (Wildman–Crippen LogP) is 3.87. The van der Waals surface area contributed by atoms with Crippen molar-refractivity contribution in [1.29, 1.82) is 0 Å². The standard InChI is InChI=1S/C20H24N2O/c1-3-15-20(16-22-19(23)21-4-2,17-11-7-5-8-12-17)18-13-9-6-10-14-18/h3,5-14H,1,4,15-16H2,2H3,(H2,21,22,23). The van der Waals surface area contributed by atoms with E-state index in [0.29, 0.717) is 13.1 Å². The molecular formula is C20H24N2O. The maximum Gasteiger partial charge on any atom is 0.314 e. The number of allylic oxidation sites excluding steroid dienone is 1. The molecule has 0 saturated carbocycles. The molecule has 120 valence electrons. The topological polar surface area (TPSA) is 41.1 Å². The van der Waals surface area contributed by atoms with E-state index >= 15 is 0 Å². The lowest BCUT2D eigenvalue weighted by Gasteiger charge is -2.34. The van der Waals surface area contributed by atoms with Gasteiger partial charge in [-0.25, -0.2) is 4.79 Å². The Morgan fingerprint density at radius 1 is 1.00 bits per heavy atom. The number of rotatable bonds is 7. The van der Waals surface area contributed by atoms with Crippen molar-refractivity contribution in [3.63, 3.8) is 0 Å². The number of hydrogen-bond acceptors (Lipinski definition) is 1. The lowest BCUT2D eigenvalue weighted by molar-refractivity contribution is 0.239. The van der Waals surface area contributed by atoms with Crippen LogP contribution < -0.4 is 10.6 Å². The summed E-state index contributed by atoms with van der Waals surface area (Å²) in [7, 11) is 0. The van der Waals surface area contributed by atoms with Gasteiger partial charge in [0.25, 0.3) is 0 Å². The van der Waals surface area contributed by atoms with Crippen LogP contribution in [0.15, 0.2) is 73.3 Å². The zero-order valence-electron chi connectivity index (χ0n) is 13.6. The minimum Gasteiger partial charge on any atom is -0.338 e. The van der Waals surface area contributed by atoms with Crippen molar-refractivity contribution in [1.82, 2.24) is 10.6 Å². The lowest BCUT2D eigenvalue weighted by atomic mass is 9.72. The van der Waals surface area contributed by atoms with E-state index in [1.54, 1.807) is 0 Å². The smallest absolute Gasteiger partial charge is 0.314 e. The van der Waals surface area contributed by atoms with Crippen LogP contribution >= 0.6 is 0 Å². The van der Waals surface area contributed by atoms with E-state index in [1.165, 1.54) is 11.1 Å². The highest BCUT2D eigenvalue weighted by Gasteiger charge is 2.33. The molecule has 2 amide bonds. The van der Waals surface area contributed by atoms with Crippen LogP contribution in [0.4, 0.5) is 4.79 Å². The van der Waals surface area contributed by atoms with Crippen molar-refractivity contribution < 1.29 is 4.79 Å². The average Bonchev–Trinajstić information content (AvgIpc) is 2.60. The minimum atomic E-state index is -0.324. The summed E-state index contributed by atoms with van der Waals surface area (Å²) in [5.41, 5.74) is 2.01. The molecule has 2 rings (SSSR count). The third kappa shape index (κ3) is 4.01. The first-order valence-electron chi connectivity index (χ1n) is 7.96. The van der Waals surface area contributed by atoms with Crippen molar-refractivity contribution in [2.24, 2.45) is 0 Å². The van der Waals surface area contributed by atoms with Crippen LogP contribution in [-0.2, 0) is 5.41 Å². The van der Waals surface area contributed by atoms with Crippen LogP contribution in [-0.4, -0.2) is 19.1 Å². The summed E-state index contributed by atoms with van der Waals surface area (Å²) >= 11 is 0. The Hall–Kier alpha value is -2.55. The Kier molecular flexibility index (Phi) is 5.98. The number of carbonyl (C=O) groups excluding carboxylic acids is 1. The van der Waals surface area contributed by atoms with E-state index in [-0.39, 0.29) is 11.4 Å². The van der Waals surface area contributed by atoms with Crippen LogP contribution in [0.1, 0.15) is 24.5 Å². The molecule has 0 radical (unpaired) electrons. The summed E-state index contributed by atoms with van der Waals surface area (Å²) in [6, 6.07) is 20.4. The van der Waals surface area contributed by atoms with E-state index in [0.717, 1.165) is 6.42 Å². The molecule has 0 aromatic heterocycles. The third-order valence-electron chi connectivity index (χ3n) is 4.03. The molecule has 0 heterocycles. The molecule has 2 aromatic rings. The summed E-state index contributed by atoms with van der Waals surface area (Å²) in [5, 5.41) is 5.80. The van der Waals surface area contributed by atoms with Gasteiger partial charge >= 0.3 is 6.03 Å². The zero-order valence-corrected chi connectivity index (χ0v) is 13.6. The number of amides is 2. The monoisotopic (exact) mass is 308 g/mol. The second-order valence-corrected chi connectivity index (χ2v) is 5.52. The normalized spacial score (nSPS) is 10.8. The molecule has 2 aromatic carbocycles. The molecular weight excluding hydrogens is 284 g/mol. The van der Waals surface area contributed by atoms with E-state index in [9.17, 15) is 4.79 Å². The zero-order chi connectivity index (χ0) is 16.5. The van der Waals surface area contributed by atoms with Crippen LogP contribution in [0.3, 0.4) is 0 Å². The highest BCUT2D eigenvalue weighted by atomic mass is 16.2. The fourth-order valence-corrected chi connectivity index (χ4v) is 2.89. The van der Waals surface area contributed by atoms with Crippen LogP contribution in [0.5, 0.6) is 0 Å². The van der Waals surface area contributed by atoms with Crippen molar-refractivity contribution >= 4 is 6.03 Å². The van der Waals surface area contributed by atoms with Gasteiger partial charge in [0, 0.05) is 18.5 Å². The molecule has 0 bridgehead atoms. The van der Waals surface area contributed by atoms with Crippen molar-refractivity contribution in [2.75, 3.05) is 13.1 Å². The van der Waals surface area contributed by atoms with Gasteiger partial charge in [-0.3, -0.25) is 0 Å². The second-order valence-electron chi connectivity index (χ2n) is 5.52. The maximum absolute atomic E-state index is 11.9. The van der Waals surface area contributed by atoms with Gasteiger partial charge in [-0.2, -0.15) is 0 Å². The first-order valence-corrected chi connectivity index (χ1v) is 7.96. The molecule has 0 aliphatic heterocycles. The Labute approximate surface area is 138 Å². The Balaban J connectivity index is 2.43. The number of nitrogens with one attached hydrogen (secondary N) is 2. The van der Waals surface area contributed by atoms with Gasteiger partial charge in [-0.15, -0.1) is 6.58 Å². The molecule has 3 heteroatoms. The third-order valence-corrected chi connectivity index (χ3v) is 4.03. The summed E-state index contributed by atoms with van der Waals surface area (Å²) < 4.78 is 0. The van der Waals surface area contributed by atoms with E-state index in [1.807, 2.05) is 49.4 Å². The first-order chi connectivity index (χ1) is 11.2. The molecule has 0 aliphatic carbocycles. The highest BCUT2D eigenvalue weighted by molar-refractivity contribution is 5.74. The number of carbonyl (C=O) groups is 1. The largest absolute Gasteiger partial charge is 0.338 e. The van der Waals surface area contributed by atoms with E-state index in [4.69, 9.17) is 0 Å². The molecule has 0 saturated heterocycles.